The van der Waals surface area contributed by atoms with Gasteiger partial charge in [-0.25, -0.2) is 0 Å². The highest BCUT2D eigenvalue weighted by atomic mass is 32.1. The average molecular weight is 157 g/mol. The summed E-state index contributed by atoms with van der Waals surface area (Å²) in [5.74, 6) is 0.495. The van der Waals surface area contributed by atoms with Gasteiger partial charge in [-0.15, -0.1) is 10.2 Å². The van der Waals surface area contributed by atoms with Crippen LogP contribution in [-0.4, -0.2) is 10.2 Å². The molecule has 0 aromatic carbocycles. The third-order valence-electron chi connectivity index (χ3n) is 1.49. The second-order valence-corrected chi connectivity index (χ2v) is 3.33. The van der Waals surface area contributed by atoms with Crippen LogP contribution in [0.4, 0.5) is 5.13 Å². The van der Waals surface area contributed by atoms with E-state index < -0.39 is 0 Å². The fraction of sp³-hybridized carbons (Fsp3) is 0.667. The molecule has 0 unspecified atom stereocenters. The van der Waals surface area contributed by atoms with Gasteiger partial charge in [-0.2, -0.15) is 0 Å². The van der Waals surface area contributed by atoms with E-state index in [1.54, 1.807) is 0 Å². The van der Waals surface area contributed by atoms with Crippen LogP contribution in [-0.2, 0) is 0 Å². The van der Waals surface area contributed by atoms with Crippen LogP contribution in [0.15, 0.2) is 0 Å². The van der Waals surface area contributed by atoms with Crippen molar-refractivity contribution in [1.29, 1.82) is 0 Å². The number of aromatic nitrogens is 2. The van der Waals surface area contributed by atoms with E-state index in [-0.39, 0.29) is 0 Å². The van der Waals surface area contributed by atoms with Gasteiger partial charge in [-0.1, -0.05) is 25.2 Å². The lowest BCUT2D eigenvalue weighted by Gasteiger charge is -1.99. The molecule has 1 atom stereocenters. The number of nitrogens with zero attached hydrogens (tertiary/aromatic N) is 2. The summed E-state index contributed by atoms with van der Waals surface area (Å²) in [6.45, 7) is 4.25. The largest absolute Gasteiger partial charge is 0.374 e. The van der Waals surface area contributed by atoms with Crippen LogP contribution in [0, 0.1) is 0 Å². The Balaban J connectivity index is 2.74. The van der Waals surface area contributed by atoms with Crippen molar-refractivity contribution in [1.82, 2.24) is 10.2 Å². The molecule has 0 saturated heterocycles. The summed E-state index contributed by atoms with van der Waals surface area (Å²) in [6.07, 6.45) is 1.09. The van der Waals surface area contributed by atoms with Gasteiger partial charge in [-0.3, -0.25) is 0 Å². The first kappa shape index (κ1) is 7.47. The summed E-state index contributed by atoms with van der Waals surface area (Å²) >= 11 is 1.48. The Morgan fingerprint density at radius 2 is 2.30 bits per heavy atom. The Hall–Kier alpha value is -0.640. The lowest BCUT2D eigenvalue weighted by molar-refractivity contribution is 0.715. The minimum Gasteiger partial charge on any atom is -0.374 e. The molecule has 3 nitrogen and oxygen atoms in total. The Morgan fingerprint density at radius 1 is 1.60 bits per heavy atom. The second-order valence-electron chi connectivity index (χ2n) is 2.29. The third-order valence-corrected chi connectivity index (χ3v) is 2.47. The molecule has 1 heterocycles. The monoisotopic (exact) mass is 157 g/mol. The van der Waals surface area contributed by atoms with Crippen molar-refractivity contribution in [2.45, 2.75) is 26.2 Å². The highest BCUT2D eigenvalue weighted by Gasteiger charge is 2.07. The molecule has 0 aliphatic heterocycles. The second kappa shape index (κ2) is 2.96. The SMILES string of the molecule is CC[C@H](C)c1nnc(N)s1. The highest BCUT2D eigenvalue weighted by Crippen LogP contribution is 2.22. The molecule has 56 valence electrons. The van der Waals surface area contributed by atoms with Crippen molar-refractivity contribution in [3.63, 3.8) is 0 Å². The quantitative estimate of drug-likeness (QED) is 0.710. The first-order chi connectivity index (χ1) is 4.74. The minimum absolute atomic E-state index is 0.495. The minimum atomic E-state index is 0.495. The van der Waals surface area contributed by atoms with E-state index in [0.29, 0.717) is 11.0 Å². The van der Waals surface area contributed by atoms with Gasteiger partial charge < -0.3 is 5.73 Å². The van der Waals surface area contributed by atoms with E-state index in [4.69, 9.17) is 5.73 Å². The first-order valence-corrected chi connectivity index (χ1v) is 4.14. The average Bonchev–Trinajstić information content (AvgIpc) is 2.34. The molecule has 10 heavy (non-hydrogen) atoms. The zero-order chi connectivity index (χ0) is 7.56. The predicted molar refractivity (Wildman–Crippen MR) is 43.0 cm³/mol. The molecule has 4 heteroatoms. The van der Waals surface area contributed by atoms with E-state index in [1.165, 1.54) is 11.3 Å². The zero-order valence-electron chi connectivity index (χ0n) is 6.16. The van der Waals surface area contributed by atoms with Crippen molar-refractivity contribution in [3.05, 3.63) is 5.01 Å². The van der Waals surface area contributed by atoms with Gasteiger partial charge in [0.15, 0.2) is 0 Å². The van der Waals surface area contributed by atoms with Crippen molar-refractivity contribution in [3.8, 4) is 0 Å². The van der Waals surface area contributed by atoms with Crippen LogP contribution in [0.3, 0.4) is 0 Å². The molecule has 0 aliphatic carbocycles. The van der Waals surface area contributed by atoms with Crippen molar-refractivity contribution in [2.24, 2.45) is 0 Å². The first-order valence-electron chi connectivity index (χ1n) is 3.33. The molecule has 0 amide bonds. The molecule has 1 aromatic heterocycles. The Bertz CT molecular complexity index is 209. The molecule has 0 fully saturated rings. The summed E-state index contributed by atoms with van der Waals surface area (Å²) in [6, 6.07) is 0. The van der Waals surface area contributed by atoms with Crippen LogP contribution >= 0.6 is 11.3 Å². The van der Waals surface area contributed by atoms with Gasteiger partial charge in [0.1, 0.15) is 5.01 Å². The summed E-state index contributed by atoms with van der Waals surface area (Å²) < 4.78 is 0. The number of rotatable bonds is 2. The van der Waals surface area contributed by atoms with Crippen LogP contribution in [0.5, 0.6) is 0 Å². The smallest absolute Gasteiger partial charge is 0.203 e. The third kappa shape index (κ3) is 1.44. The maximum absolute atomic E-state index is 5.42. The van der Waals surface area contributed by atoms with Gasteiger partial charge in [0.25, 0.3) is 0 Å². The molecular weight excluding hydrogens is 146 g/mol. The summed E-state index contributed by atoms with van der Waals surface area (Å²) in [5, 5.41) is 9.27. The molecule has 1 aromatic rings. The van der Waals surface area contributed by atoms with Crippen LogP contribution in [0.1, 0.15) is 31.2 Å². The Kier molecular flexibility index (Phi) is 2.21. The fourth-order valence-corrected chi connectivity index (χ4v) is 1.37. The van der Waals surface area contributed by atoms with Gasteiger partial charge in [0, 0.05) is 5.92 Å². The lowest BCUT2D eigenvalue weighted by atomic mass is 10.1. The Morgan fingerprint density at radius 3 is 2.70 bits per heavy atom. The molecular formula is C6H11N3S. The Labute approximate surface area is 64.3 Å². The van der Waals surface area contributed by atoms with Crippen LogP contribution in [0.2, 0.25) is 0 Å². The zero-order valence-corrected chi connectivity index (χ0v) is 6.98. The van der Waals surface area contributed by atoms with Gasteiger partial charge in [0.2, 0.25) is 5.13 Å². The fourth-order valence-electron chi connectivity index (χ4n) is 0.620. The molecule has 0 radical (unpaired) electrons. The molecule has 0 bridgehead atoms. The molecule has 2 N–H and O–H groups in total. The van der Waals surface area contributed by atoms with E-state index in [0.717, 1.165) is 11.4 Å². The van der Waals surface area contributed by atoms with E-state index >= 15 is 0 Å². The summed E-state index contributed by atoms with van der Waals surface area (Å²) in [4.78, 5) is 0. The van der Waals surface area contributed by atoms with Gasteiger partial charge in [0.05, 0.1) is 0 Å². The number of hydrogen-bond donors (Lipinski definition) is 1. The molecule has 1 rings (SSSR count). The highest BCUT2D eigenvalue weighted by molar-refractivity contribution is 7.15. The molecule has 0 saturated carbocycles. The van der Waals surface area contributed by atoms with E-state index in [1.807, 2.05) is 0 Å². The van der Waals surface area contributed by atoms with Crippen molar-refractivity contribution < 1.29 is 0 Å². The number of anilines is 1. The standard InChI is InChI=1S/C6H11N3S/c1-3-4(2)5-8-9-6(7)10-5/h4H,3H2,1-2H3,(H2,7,9)/t4-/m0/s1. The lowest BCUT2D eigenvalue weighted by Crippen LogP contribution is -1.88. The predicted octanol–water partition coefficient (Wildman–Crippen LogP) is 1.63. The summed E-state index contributed by atoms with van der Waals surface area (Å²) in [7, 11) is 0. The van der Waals surface area contributed by atoms with Crippen LogP contribution < -0.4 is 5.73 Å². The topological polar surface area (TPSA) is 51.8 Å². The van der Waals surface area contributed by atoms with E-state index in [2.05, 4.69) is 24.0 Å². The maximum Gasteiger partial charge on any atom is 0.203 e. The number of nitrogens with two attached hydrogens (primary N) is 1. The number of nitrogen functional groups attached to an aromatic ring is 1. The van der Waals surface area contributed by atoms with Crippen molar-refractivity contribution in [2.75, 3.05) is 5.73 Å². The normalized spacial score (nSPS) is 13.4. The maximum atomic E-state index is 5.42. The summed E-state index contributed by atoms with van der Waals surface area (Å²) in [5.41, 5.74) is 5.42. The molecule has 0 aliphatic rings. The van der Waals surface area contributed by atoms with Crippen LogP contribution in [0.25, 0.3) is 0 Å². The van der Waals surface area contributed by atoms with E-state index in [9.17, 15) is 0 Å². The van der Waals surface area contributed by atoms with Gasteiger partial charge >= 0.3 is 0 Å². The number of hydrogen-bond acceptors (Lipinski definition) is 4. The molecule has 0 spiro atoms. The van der Waals surface area contributed by atoms with Crippen molar-refractivity contribution >= 4 is 16.5 Å². The van der Waals surface area contributed by atoms with Gasteiger partial charge in [-0.05, 0) is 6.42 Å².